The van der Waals surface area contributed by atoms with Crippen LogP contribution in [-0.4, -0.2) is 85.6 Å². The van der Waals surface area contributed by atoms with Crippen LogP contribution in [0.5, 0.6) is 0 Å². The van der Waals surface area contributed by atoms with E-state index in [9.17, 15) is 22.8 Å². The zero-order valence-corrected chi connectivity index (χ0v) is 27.3. The van der Waals surface area contributed by atoms with E-state index in [1.165, 1.54) is 0 Å². The van der Waals surface area contributed by atoms with Gasteiger partial charge in [0.05, 0.1) is 22.6 Å². The Morgan fingerprint density at radius 3 is 2.46 bits per heavy atom. The van der Waals surface area contributed by atoms with Crippen LogP contribution in [0.4, 0.5) is 10.5 Å². The Balaban J connectivity index is 1.11. The van der Waals surface area contributed by atoms with Crippen molar-refractivity contribution in [3.63, 3.8) is 0 Å². The van der Waals surface area contributed by atoms with Crippen molar-refractivity contribution in [3.8, 4) is 11.1 Å². The number of primary amides is 1. The van der Waals surface area contributed by atoms with Crippen LogP contribution >= 0.6 is 0 Å². The molecule has 2 aromatic carbocycles. The SMILES string of the molecule is CC1(C)CC(=O)n2c(c(-c3ccc(C(N)=O)c(N[C@H]4CC[C@H](OC(=O)NCCN5CCS(=O)(=O)CC5)CC4)c3)c3ccccc32)C1. The fourth-order valence-corrected chi connectivity index (χ4v) is 8.41. The Kier molecular flexibility index (Phi) is 8.86. The highest BCUT2D eigenvalue weighted by Crippen LogP contribution is 2.43. The summed E-state index contributed by atoms with van der Waals surface area (Å²) in [6.45, 7) is 6.19. The largest absolute Gasteiger partial charge is 0.446 e. The topological polar surface area (TPSA) is 153 Å². The van der Waals surface area contributed by atoms with Crippen LogP contribution in [0.15, 0.2) is 42.5 Å². The van der Waals surface area contributed by atoms with E-state index in [1.54, 1.807) is 6.07 Å². The molecule has 0 atom stereocenters. The molecule has 0 radical (unpaired) electrons. The Bertz CT molecular complexity index is 1760. The van der Waals surface area contributed by atoms with E-state index in [-0.39, 0.29) is 35.0 Å². The average molecular weight is 650 g/mol. The molecule has 2 amide bonds. The minimum atomic E-state index is -2.93. The monoisotopic (exact) mass is 649 g/mol. The molecule has 246 valence electrons. The van der Waals surface area contributed by atoms with E-state index >= 15 is 0 Å². The Morgan fingerprint density at radius 2 is 1.74 bits per heavy atom. The number of sulfone groups is 1. The van der Waals surface area contributed by atoms with Crippen molar-refractivity contribution in [2.24, 2.45) is 11.1 Å². The number of carbonyl (C=O) groups excluding carboxylic acids is 3. The predicted octanol–water partition coefficient (Wildman–Crippen LogP) is 4.20. The van der Waals surface area contributed by atoms with Crippen molar-refractivity contribution in [1.29, 1.82) is 0 Å². The number of anilines is 1. The molecule has 3 aromatic rings. The standard InChI is InChI=1S/C34H43N5O6S/c1-34(2)20-29-31(26-5-3-4-6-28(26)39(29)30(40)21-34)22-7-12-25(32(35)41)27(19-22)37-23-8-10-24(11-9-23)45-33(42)36-13-14-38-15-17-46(43,44)18-16-38/h3-7,12,19,23-24,37H,8-11,13-18,20-21H2,1-2H3,(H2,35,41)(H,36,42)/t23-,24-. The third-order valence-corrected chi connectivity index (χ3v) is 11.1. The lowest BCUT2D eigenvalue weighted by molar-refractivity contribution is 0.0725. The second kappa shape index (κ2) is 12.7. The van der Waals surface area contributed by atoms with Gasteiger partial charge in [0.15, 0.2) is 9.84 Å². The number of ether oxygens (including phenoxy) is 1. The van der Waals surface area contributed by atoms with Crippen LogP contribution in [0.1, 0.15) is 66.8 Å². The van der Waals surface area contributed by atoms with Gasteiger partial charge in [0, 0.05) is 61.0 Å². The minimum Gasteiger partial charge on any atom is -0.446 e. The molecule has 1 saturated carbocycles. The molecular weight excluding hydrogens is 606 g/mol. The highest BCUT2D eigenvalue weighted by molar-refractivity contribution is 7.91. The summed E-state index contributed by atoms with van der Waals surface area (Å²) in [7, 11) is -2.93. The Labute approximate surface area is 269 Å². The van der Waals surface area contributed by atoms with Gasteiger partial charge in [0.25, 0.3) is 5.91 Å². The molecule has 4 N–H and O–H groups in total. The molecular formula is C34H43N5O6S. The number of carbonyl (C=O) groups is 3. The van der Waals surface area contributed by atoms with Gasteiger partial charge in [0.2, 0.25) is 5.91 Å². The van der Waals surface area contributed by atoms with Crippen LogP contribution in [-0.2, 0) is 21.0 Å². The zero-order chi connectivity index (χ0) is 32.6. The summed E-state index contributed by atoms with van der Waals surface area (Å²) in [6, 6.07) is 13.7. The van der Waals surface area contributed by atoms with Crippen LogP contribution < -0.4 is 16.4 Å². The summed E-state index contributed by atoms with van der Waals surface area (Å²) >= 11 is 0. The summed E-state index contributed by atoms with van der Waals surface area (Å²) in [5, 5.41) is 7.35. The van der Waals surface area contributed by atoms with E-state index in [0.29, 0.717) is 56.7 Å². The molecule has 0 spiro atoms. The van der Waals surface area contributed by atoms with Gasteiger partial charge >= 0.3 is 6.09 Å². The maximum absolute atomic E-state index is 13.3. The fourth-order valence-electron chi connectivity index (χ4n) is 7.13. The second-order valence-corrected chi connectivity index (χ2v) is 16.0. The predicted molar refractivity (Wildman–Crippen MR) is 178 cm³/mol. The maximum atomic E-state index is 13.3. The van der Waals surface area contributed by atoms with Crippen molar-refractivity contribution in [1.82, 2.24) is 14.8 Å². The van der Waals surface area contributed by atoms with Crippen LogP contribution in [0.25, 0.3) is 22.0 Å². The number of fused-ring (bicyclic) bond motifs is 3. The number of hydrogen-bond donors (Lipinski definition) is 3. The molecule has 6 rings (SSSR count). The van der Waals surface area contributed by atoms with Crippen molar-refractivity contribution in [2.75, 3.05) is 43.0 Å². The zero-order valence-electron chi connectivity index (χ0n) is 26.5. The molecule has 1 saturated heterocycles. The first kappa shape index (κ1) is 32.1. The lowest BCUT2D eigenvalue weighted by Crippen LogP contribution is -2.44. The summed E-state index contributed by atoms with van der Waals surface area (Å²) in [5.41, 5.74) is 10.5. The van der Waals surface area contributed by atoms with E-state index in [4.69, 9.17) is 10.5 Å². The lowest BCUT2D eigenvalue weighted by Gasteiger charge is -2.31. The molecule has 3 heterocycles. The van der Waals surface area contributed by atoms with E-state index in [2.05, 4.69) is 24.5 Å². The lowest BCUT2D eigenvalue weighted by atomic mass is 9.80. The third-order valence-electron chi connectivity index (χ3n) is 9.51. The highest BCUT2D eigenvalue weighted by Gasteiger charge is 2.35. The number of nitrogens with one attached hydrogen (secondary N) is 2. The number of amides is 2. The molecule has 12 heteroatoms. The van der Waals surface area contributed by atoms with Crippen molar-refractivity contribution >= 4 is 44.3 Å². The van der Waals surface area contributed by atoms with Gasteiger partial charge in [-0.1, -0.05) is 38.1 Å². The Hall–Kier alpha value is -3.90. The number of benzene rings is 2. The van der Waals surface area contributed by atoms with Gasteiger partial charge in [-0.3, -0.25) is 19.1 Å². The number of nitrogens with zero attached hydrogens (tertiary/aromatic N) is 2. The van der Waals surface area contributed by atoms with Crippen molar-refractivity contribution in [3.05, 3.63) is 53.7 Å². The van der Waals surface area contributed by atoms with Crippen molar-refractivity contribution < 1.29 is 27.5 Å². The molecule has 46 heavy (non-hydrogen) atoms. The molecule has 11 nitrogen and oxygen atoms in total. The molecule has 1 aromatic heterocycles. The Morgan fingerprint density at radius 1 is 1.02 bits per heavy atom. The summed E-state index contributed by atoms with van der Waals surface area (Å²) in [5.74, 6) is -0.114. The first-order valence-corrected chi connectivity index (χ1v) is 17.9. The van der Waals surface area contributed by atoms with Crippen molar-refractivity contribution in [2.45, 2.75) is 64.5 Å². The van der Waals surface area contributed by atoms with Gasteiger partial charge in [-0.25, -0.2) is 13.2 Å². The molecule has 3 aliphatic rings. The second-order valence-electron chi connectivity index (χ2n) is 13.7. The quantitative estimate of drug-likeness (QED) is 0.328. The summed E-state index contributed by atoms with van der Waals surface area (Å²) in [6.07, 6.45) is 3.40. The smallest absolute Gasteiger partial charge is 0.407 e. The van der Waals surface area contributed by atoms with E-state index in [1.807, 2.05) is 45.9 Å². The third kappa shape index (κ3) is 6.92. The number of para-hydroxylation sites is 1. The first-order valence-electron chi connectivity index (χ1n) is 16.1. The van der Waals surface area contributed by atoms with Crippen LogP contribution in [0.2, 0.25) is 0 Å². The van der Waals surface area contributed by atoms with Gasteiger partial charge in [0.1, 0.15) is 6.10 Å². The molecule has 1 aliphatic carbocycles. The minimum absolute atomic E-state index is 0.0619. The highest BCUT2D eigenvalue weighted by atomic mass is 32.2. The average Bonchev–Trinajstić information content (AvgIpc) is 3.32. The van der Waals surface area contributed by atoms with Gasteiger partial charge in [-0.15, -0.1) is 0 Å². The summed E-state index contributed by atoms with van der Waals surface area (Å²) in [4.78, 5) is 40.2. The molecule has 2 aliphatic heterocycles. The number of aromatic nitrogens is 1. The normalized spacial score (nSPS) is 22.6. The number of rotatable bonds is 8. The van der Waals surface area contributed by atoms with Crippen LogP contribution in [0.3, 0.4) is 0 Å². The molecule has 0 bridgehead atoms. The first-order chi connectivity index (χ1) is 21.9. The number of hydrogen-bond acceptors (Lipinski definition) is 8. The molecule has 0 unspecified atom stereocenters. The molecule has 2 fully saturated rings. The van der Waals surface area contributed by atoms with Gasteiger partial charge < -0.3 is 21.1 Å². The number of nitrogens with two attached hydrogens (primary N) is 1. The van der Waals surface area contributed by atoms with E-state index in [0.717, 1.165) is 47.0 Å². The van der Waals surface area contributed by atoms with Gasteiger partial charge in [-0.2, -0.15) is 0 Å². The fraction of sp³-hybridized carbons (Fsp3) is 0.500. The maximum Gasteiger partial charge on any atom is 0.407 e. The number of alkyl carbamates (subject to hydrolysis) is 1. The van der Waals surface area contributed by atoms with Gasteiger partial charge in [-0.05, 0) is 61.3 Å². The van der Waals surface area contributed by atoms with Crippen LogP contribution in [0, 0.1) is 5.41 Å². The summed E-state index contributed by atoms with van der Waals surface area (Å²) < 4.78 is 30.7. The van der Waals surface area contributed by atoms with E-state index < -0.39 is 21.8 Å².